The molecule has 6 nitrogen and oxygen atoms in total. The molecular weight excluding hydrogens is 266 g/mol. The van der Waals surface area contributed by atoms with Crippen LogP contribution in [0, 0.1) is 0 Å². The summed E-state index contributed by atoms with van der Waals surface area (Å²) in [5, 5.41) is 0. The number of nitrogen functional groups attached to an aromatic ring is 1. The minimum Gasteiger partial charge on any atom is -0.481 e. The lowest BCUT2D eigenvalue weighted by atomic mass is 10.3. The van der Waals surface area contributed by atoms with E-state index >= 15 is 0 Å². The first-order chi connectivity index (χ1) is 9.01. The third-order valence-electron chi connectivity index (χ3n) is 2.37. The molecule has 0 fully saturated rings. The average molecular weight is 279 g/mol. The third-order valence-corrected chi connectivity index (χ3v) is 3.75. The number of nitrogens with one attached hydrogen (secondary N) is 1. The number of nitrogens with two attached hydrogens (primary N) is 1. The van der Waals surface area contributed by atoms with Crippen molar-refractivity contribution in [2.45, 2.75) is 4.90 Å². The fourth-order valence-corrected chi connectivity index (χ4v) is 2.56. The lowest BCUT2D eigenvalue weighted by Gasteiger charge is -2.08. The number of sulfonamides is 1. The van der Waals surface area contributed by atoms with Gasteiger partial charge in [0.25, 0.3) is 10.0 Å². The quantitative estimate of drug-likeness (QED) is 0.826. The van der Waals surface area contributed by atoms with Gasteiger partial charge in [0, 0.05) is 11.8 Å². The Hall–Kier alpha value is -2.28. The van der Waals surface area contributed by atoms with Crippen LogP contribution in [0.15, 0.2) is 47.5 Å². The van der Waals surface area contributed by atoms with Gasteiger partial charge in [-0.3, -0.25) is 4.72 Å². The first kappa shape index (κ1) is 13.2. The van der Waals surface area contributed by atoms with Crippen LogP contribution in [-0.4, -0.2) is 20.5 Å². The van der Waals surface area contributed by atoms with Gasteiger partial charge in [-0.2, -0.15) is 0 Å². The van der Waals surface area contributed by atoms with Crippen molar-refractivity contribution in [3.63, 3.8) is 0 Å². The molecule has 0 saturated heterocycles. The fraction of sp³-hybridized carbons (Fsp3) is 0.0833. The lowest BCUT2D eigenvalue weighted by Crippen LogP contribution is -2.13. The second kappa shape index (κ2) is 5.15. The summed E-state index contributed by atoms with van der Waals surface area (Å²) in [5.74, 6) is 0.409. The highest BCUT2D eigenvalue weighted by Crippen LogP contribution is 2.18. The van der Waals surface area contributed by atoms with Gasteiger partial charge in [-0.1, -0.05) is 6.07 Å². The molecule has 100 valence electrons. The van der Waals surface area contributed by atoms with Crippen LogP contribution < -0.4 is 15.2 Å². The van der Waals surface area contributed by atoms with Crippen LogP contribution in [0.5, 0.6) is 5.88 Å². The van der Waals surface area contributed by atoms with E-state index in [1.165, 1.54) is 25.4 Å². The molecule has 0 saturated carbocycles. The number of methoxy groups -OCH3 is 1. The number of hydrogen-bond acceptors (Lipinski definition) is 5. The highest BCUT2D eigenvalue weighted by Gasteiger charge is 2.14. The highest BCUT2D eigenvalue weighted by atomic mass is 32.2. The number of ether oxygens (including phenoxy) is 1. The van der Waals surface area contributed by atoms with Crippen LogP contribution in [0.2, 0.25) is 0 Å². The van der Waals surface area contributed by atoms with Crippen molar-refractivity contribution in [2.24, 2.45) is 0 Å². The summed E-state index contributed by atoms with van der Waals surface area (Å²) in [6.45, 7) is 0. The summed E-state index contributed by atoms with van der Waals surface area (Å²) >= 11 is 0. The van der Waals surface area contributed by atoms with Crippen molar-refractivity contribution in [3.8, 4) is 5.88 Å². The molecule has 0 spiro atoms. The van der Waals surface area contributed by atoms with Gasteiger partial charge in [0.05, 0.1) is 23.9 Å². The summed E-state index contributed by atoms with van der Waals surface area (Å²) < 4.78 is 31.5. The molecule has 7 heteroatoms. The predicted molar refractivity (Wildman–Crippen MR) is 72.5 cm³/mol. The minimum atomic E-state index is -3.67. The molecule has 1 aromatic carbocycles. The van der Waals surface area contributed by atoms with Gasteiger partial charge in [0.2, 0.25) is 5.88 Å². The van der Waals surface area contributed by atoms with Crippen LogP contribution >= 0.6 is 0 Å². The summed E-state index contributed by atoms with van der Waals surface area (Å²) in [6.07, 6.45) is 1.38. The Balaban J connectivity index is 2.25. The Morgan fingerprint density at radius 2 is 2.05 bits per heavy atom. The molecule has 0 radical (unpaired) electrons. The highest BCUT2D eigenvalue weighted by molar-refractivity contribution is 7.92. The van der Waals surface area contributed by atoms with E-state index in [1.54, 1.807) is 24.3 Å². The van der Waals surface area contributed by atoms with Gasteiger partial charge >= 0.3 is 0 Å². The number of anilines is 2. The van der Waals surface area contributed by atoms with E-state index < -0.39 is 10.0 Å². The Morgan fingerprint density at radius 3 is 2.63 bits per heavy atom. The second-order valence-corrected chi connectivity index (χ2v) is 5.45. The molecule has 19 heavy (non-hydrogen) atoms. The predicted octanol–water partition coefficient (Wildman–Crippen LogP) is 1.47. The fourth-order valence-electron chi connectivity index (χ4n) is 1.46. The lowest BCUT2D eigenvalue weighted by molar-refractivity contribution is 0.398. The number of benzene rings is 1. The Labute approximate surface area is 111 Å². The zero-order valence-corrected chi connectivity index (χ0v) is 11.0. The molecule has 0 aliphatic carbocycles. The summed E-state index contributed by atoms with van der Waals surface area (Å²) in [5.41, 5.74) is 6.30. The van der Waals surface area contributed by atoms with E-state index in [9.17, 15) is 8.42 Å². The molecule has 0 aliphatic rings. The molecular formula is C12H13N3O3S. The zero-order valence-electron chi connectivity index (χ0n) is 10.2. The van der Waals surface area contributed by atoms with Gasteiger partial charge in [0.1, 0.15) is 0 Å². The van der Waals surface area contributed by atoms with Gasteiger partial charge in [0.15, 0.2) is 0 Å². The van der Waals surface area contributed by atoms with Gasteiger partial charge < -0.3 is 10.5 Å². The van der Waals surface area contributed by atoms with E-state index in [4.69, 9.17) is 10.5 Å². The maximum atomic E-state index is 12.1. The summed E-state index contributed by atoms with van der Waals surface area (Å²) in [6, 6.07) is 9.19. The maximum absolute atomic E-state index is 12.1. The smallest absolute Gasteiger partial charge is 0.262 e. The Bertz CT molecular complexity index is 669. The van der Waals surface area contributed by atoms with Crippen molar-refractivity contribution in [2.75, 3.05) is 17.6 Å². The van der Waals surface area contributed by atoms with Crippen molar-refractivity contribution in [3.05, 3.63) is 42.6 Å². The second-order valence-electron chi connectivity index (χ2n) is 3.77. The van der Waals surface area contributed by atoms with Gasteiger partial charge in [-0.15, -0.1) is 0 Å². The van der Waals surface area contributed by atoms with Crippen LogP contribution in [0.25, 0.3) is 0 Å². The van der Waals surface area contributed by atoms with E-state index in [-0.39, 0.29) is 4.90 Å². The molecule has 2 rings (SSSR count). The Morgan fingerprint density at radius 1 is 1.26 bits per heavy atom. The van der Waals surface area contributed by atoms with E-state index in [0.29, 0.717) is 17.3 Å². The van der Waals surface area contributed by atoms with Gasteiger partial charge in [-0.25, -0.2) is 13.4 Å². The van der Waals surface area contributed by atoms with E-state index in [2.05, 4.69) is 9.71 Å². The first-order valence-electron chi connectivity index (χ1n) is 5.40. The maximum Gasteiger partial charge on any atom is 0.262 e. The Kier molecular flexibility index (Phi) is 3.57. The molecule has 2 aromatic rings. The zero-order chi connectivity index (χ0) is 13.9. The molecule has 0 unspecified atom stereocenters. The van der Waals surface area contributed by atoms with Crippen LogP contribution in [0.1, 0.15) is 0 Å². The van der Waals surface area contributed by atoms with Crippen LogP contribution in [-0.2, 0) is 10.0 Å². The molecule has 0 bridgehead atoms. The van der Waals surface area contributed by atoms with Crippen molar-refractivity contribution in [1.82, 2.24) is 4.98 Å². The van der Waals surface area contributed by atoms with Crippen molar-refractivity contribution in [1.29, 1.82) is 0 Å². The summed E-state index contributed by atoms with van der Waals surface area (Å²) in [4.78, 5) is 4.02. The SMILES string of the molecule is COc1ccc(NS(=O)(=O)c2cccc(N)c2)cn1. The molecule has 0 amide bonds. The number of hydrogen-bond donors (Lipinski definition) is 2. The topological polar surface area (TPSA) is 94.3 Å². The third kappa shape index (κ3) is 3.14. The average Bonchev–Trinajstić information content (AvgIpc) is 2.39. The van der Waals surface area contributed by atoms with Crippen LogP contribution in [0.3, 0.4) is 0 Å². The van der Waals surface area contributed by atoms with E-state index in [1.807, 2.05) is 0 Å². The minimum absolute atomic E-state index is 0.100. The monoisotopic (exact) mass is 279 g/mol. The molecule has 1 heterocycles. The number of aromatic nitrogens is 1. The molecule has 0 atom stereocenters. The normalized spacial score (nSPS) is 11.0. The summed E-state index contributed by atoms with van der Waals surface area (Å²) in [7, 11) is -2.18. The molecule has 3 N–H and O–H groups in total. The number of pyridine rings is 1. The van der Waals surface area contributed by atoms with Crippen molar-refractivity contribution >= 4 is 21.4 Å². The number of rotatable bonds is 4. The largest absolute Gasteiger partial charge is 0.481 e. The van der Waals surface area contributed by atoms with E-state index in [0.717, 1.165) is 0 Å². The van der Waals surface area contributed by atoms with Gasteiger partial charge in [-0.05, 0) is 24.3 Å². The molecule has 0 aliphatic heterocycles. The first-order valence-corrected chi connectivity index (χ1v) is 6.88. The van der Waals surface area contributed by atoms with Crippen molar-refractivity contribution < 1.29 is 13.2 Å². The standard InChI is InChI=1S/C12H13N3O3S/c1-18-12-6-5-10(8-14-12)15-19(16,17)11-4-2-3-9(13)7-11/h2-8,15H,13H2,1H3. The van der Waals surface area contributed by atoms with Crippen LogP contribution in [0.4, 0.5) is 11.4 Å². The molecule has 1 aromatic heterocycles. The number of nitrogens with zero attached hydrogens (tertiary/aromatic N) is 1.